The van der Waals surface area contributed by atoms with Gasteiger partial charge < -0.3 is 20.6 Å². The molecule has 0 unspecified atom stereocenters. The van der Waals surface area contributed by atoms with Crippen LogP contribution >= 0.6 is 11.8 Å². The molecule has 0 aliphatic heterocycles. The second-order valence-corrected chi connectivity index (χ2v) is 4.30. The number of nitrogens with one attached hydrogen (secondary N) is 1. The third kappa shape index (κ3) is 6.32. The standard InChI is InChI=1S/C8H15NO5S/c1-8(4-10,5-11)9-6(12)2-15-3-7(13)14/h10-11H,2-5H2,1H3,(H,9,12)(H,13,14). The van der Waals surface area contributed by atoms with Gasteiger partial charge in [0.05, 0.1) is 30.3 Å². The first-order valence-corrected chi connectivity index (χ1v) is 5.41. The summed E-state index contributed by atoms with van der Waals surface area (Å²) in [5.41, 5.74) is -1.05. The lowest BCUT2D eigenvalue weighted by molar-refractivity contribution is -0.133. The zero-order chi connectivity index (χ0) is 11.9. The van der Waals surface area contributed by atoms with Gasteiger partial charge in [0.25, 0.3) is 0 Å². The van der Waals surface area contributed by atoms with Crippen molar-refractivity contribution < 1.29 is 24.9 Å². The molecular weight excluding hydrogens is 222 g/mol. The van der Waals surface area contributed by atoms with Crippen molar-refractivity contribution in [1.82, 2.24) is 5.32 Å². The second kappa shape index (κ2) is 6.65. The van der Waals surface area contributed by atoms with Gasteiger partial charge in [-0.15, -0.1) is 11.8 Å². The van der Waals surface area contributed by atoms with Crippen LogP contribution in [-0.2, 0) is 9.59 Å². The van der Waals surface area contributed by atoms with Crippen molar-refractivity contribution in [2.45, 2.75) is 12.5 Å². The van der Waals surface area contributed by atoms with Gasteiger partial charge in [0.15, 0.2) is 0 Å². The van der Waals surface area contributed by atoms with Crippen LogP contribution in [0.3, 0.4) is 0 Å². The highest BCUT2D eigenvalue weighted by Gasteiger charge is 2.24. The molecule has 1 amide bonds. The minimum absolute atomic E-state index is 0.0120. The molecule has 0 aromatic carbocycles. The van der Waals surface area contributed by atoms with Crippen LogP contribution in [0.4, 0.5) is 0 Å². The SMILES string of the molecule is CC(CO)(CO)NC(=O)CSCC(=O)O. The fourth-order valence-corrected chi connectivity index (χ4v) is 1.27. The first-order chi connectivity index (χ1) is 6.93. The highest BCUT2D eigenvalue weighted by molar-refractivity contribution is 8.00. The quantitative estimate of drug-likeness (QED) is 0.437. The van der Waals surface area contributed by atoms with E-state index in [9.17, 15) is 9.59 Å². The number of thioether (sulfide) groups is 1. The Morgan fingerprint density at radius 3 is 2.20 bits per heavy atom. The van der Waals surface area contributed by atoms with Crippen molar-refractivity contribution in [2.24, 2.45) is 0 Å². The van der Waals surface area contributed by atoms with E-state index in [0.717, 1.165) is 11.8 Å². The Morgan fingerprint density at radius 1 is 1.27 bits per heavy atom. The summed E-state index contributed by atoms with van der Waals surface area (Å²) in [5, 5.41) is 28.5. The van der Waals surface area contributed by atoms with Crippen LogP contribution in [0, 0.1) is 0 Å². The molecule has 0 rings (SSSR count). The molecule has 0 atom stereocenters. The molecule has 88 valence electrons. The number of rotatable bonds is 7. The molecule has 0 saturated carbocycles. The van der Waals surface area contributed by atoms with Gasteiger partial charge in [-0.25, -0.2) is 0 Å². The number of carbonyl (C=O) groups excluding carboxylic acids is 1. The predicted octanol–water partition coefficient (Wildman–Crippen LogP) is -1.34. The summed E-state index contributed by atoms with van der Waals surface area (Å²) in [6.45, 7) is 0.741. The molecule has 0 aromatic rings. The predicted molar refractivity (Wildman–Crippen MR) is 55.7 cm³/mol. The zero-order valence-corrected chi connectivity index (χ0v) is 9.21. The van der Waals surface area contributed by atoms with Gasteiger partial charge in [0.2, 0.25) is 5.91 Å². The molecule has 6 nitrogen and oxygen atoms in total. The second-order valence-electron chi connectivity index (χ2n) is 3.31. The molecule has 0 spiro atoms. The average molecular weight is 237 g/mol. The van der Waals surface area contributed by atoms with E-state index in [1.165, 1.54) is 6.92 Å². The van der Waals surface area contributed by atoms with E-state index < -0.39 is 17.4 Å². The minimum Gasteiger partial charge on any atom is -0.481 e. The fourth-order valence-electron chi connectivity index (χ4n) is 0.733. The number of aliphatic carboxylic acids is 1. The molecule has 0 saturated heterocycles. The molecule has 7 heteroatoms. The molecule has 0 bridgehead atoms. The van der Waals surface area contributed by atoms with Gasteiger partial charge >= 0.3 is 5.97 Å². The largest absolute Gasteiger partial charge is 0.481 e. The summed E-state index contributed by atoms with van der Waals surface area (Å²) in [7, 11) is 0. The molecule has 0 aliphatic carbocycles. The van der Waals surface area contributed by atoms with Gasteiger partial charge in [-0.3, -0.25) is 9.59 Å². The summed E-state index contributed by atoms with van der Waals surface area (Å²) in [4.78, 5) is 21.4. The van der Waals surface area contributed by atoms with E-state index in [4.69, 9.17) is 15.3 Å². The van der Waals surface area contributed by atoms with Gasteiger partial charge in [0.1, 0.15) is 0 Å². The summed E-state index contributed by atoms with van der Waals surface area (Å²) < 4.78 is 0. The van der Waals surface area contributed by atoms with Crippen LogP contribution < -0.4 is 5.32 Å². The highest BCUT2D eigenvalue weighted by atomic mass is 32.2. The van der Waals surface area contributed by atoms with Gasteiger partial charge in [-0.2, -0.15) is 0 Å². The lowest BCUT2D eigenvalue weighted by Gasteiger charge is -2.25. The third-order valence-electron chi connectivity index (χ3n) is 1.60. The Kier molecular flexibility index (Phi) is 6.30. The summed E-state index contributed by atoms with van der Waals surface area (Å²) in [6, 6.07) is 0. The Morgan fingerprint density at radius 2 is 1.80 bits per heavy atom. The maximum Gasteiger partial charge on any atom is 0.313 e. The van der Waals surface area contributed by atoms with Crippen LogP contribution in [0.5, 0.6) is 0 Å². The number of carboxylic acid groups (broad SMARTS) is 1. The maximum absolute atomic E-state index is 11.2. The number of carboxylic acids is 1. The Bertz CT molecular complexity index is 229. The highest BCUT2D eigenvalue weighted by Crippen LogP contribution is 2.03. The number of aliphatic hydroxyl groups is 2. The molecule has 0 fully saturated rings. The Hall–Kier alpha value is -0.790. The molecule has 0 radical (unpaired) electrons. The van der Waals surface area contributed by atoms with Crippen molar-refractivity contribution in [3.8, 4) is 0 Å². The minimum atomic E-state index is -1.05. The molecule has 4 N–H and O–H groups in total. The monoisotopic (exact) mass is 237 g/mol. The maximum atomic E-state index is 11.2. The van der Waals surface area contributed by atoms with E-state index in [0.29, 0.717) is 0 Å². The van der Waals surface area contributed by atoms with Gasteiger partial charge in [0, 0.05) is 0 Å². The number of aliphatic hydroxyl groups excluding tert-OH is 2. The van der Waals surface area contributed by atoms with E-state index in [2.05, 4.69) is 5.32 Å². The Labute approximate surface area is 91.7 Å². The fraction of sp³-hybridized carbons (Fsp3) is 0.750. The third-order valence-corrected chi connectivity index (χ3v) is 2.52. The van der Waals surface area contributed by atoms with Gasteiger partial charge in [-0.05, 0) is 6.92 Å². The van der Waals surface area contributed by atoms with Crippen molar-refractivity contribution in [3.05, 3.63) is 0 Å². The van der Waals surface area contributed by atoms with Crippen LogP contribution in [0.2, 0.25) is 0 Å². The molecule has 0 aromatic heterocycles. The summed E-state index contributed by atoms with van der Waals surface area (Å²) >= 11 is 0.956. The van der Waals surface area contributed by atoms with Crippen molar-refractivity contribution in [3.63, 3.8) is 0 Å². The Balaban J connectivity index is 3.87. The average Bonchev–Trinajstić information content (AvgIpc) is 2.17. The summed E-state index contributed by atoms with van der Waals surface area (Å²) in [5.74, 6) is -1.56. The van der Waals surface area contributed by atoms with E-state index in [-0.39, 0.29) is 24.7 Å². The molecule has 15 heavy (non-hydrogen) atoms. The number of carbonyl (C=O) groups is 2. The van der Waals surface area contributed by atoms with Crippen LogP contribution in [0.1, 0.15) is 6.92 Å². The molecule has 0 aliphatic rings. The van der Waals surface area contributed by atoms with E-state index in [1.807, 2.05) is 0 Å². The smallest absolute Gasteiger partial charge is 0.313 e. The lowest BCUT2D eigenvalue weighted by Crippen LogP contribution is -2.52. The van der Waals surface area contributed by atoms with Crippen molar-refractivity contribution in [2.75, 3.05) is 24.7 Å². The van der Waals surface area contributed by atoms with Crippen molar-refractivity contribution >= 4 is 23.6 Å². The number of hydrogen-bond donors (Lipinski definition) is 4. The van der Waals surface area contributed by atoms with Crippen LogP contribution in [0.25, 0.3) is 0 Å². The van der Waals surface area contributed by atoms with Crippen LogP contribution in [-0.4, -0.2) is 57.5 Å². The first-order valence-electron chi connectivity index (χ1n) is 4.26. The summed E-state index contributed by atoms with van der Waals surface area (Å²) in [6.07, 6.45) is 0. The number of amides is 1. The van der Waals surface area contributed by atoms with Gasteiger partial charge in [-0.1, -0.05) is 0 Å². The lowest BCUT2D eigenvalue weighted by atomic mass is 10.1. The molecule has 0 heterocycles. The topological polar surface area (TPSA) is 107 Å². The normalized spacial score (nSPS) is 11.1. The van der Waals surface area contributed by atoms with Crippen molar-refractivity contribution in [1.29, 1.82) is 0 Å². The number of hydrogen-bond acceptors (Lipinski definition) is 5. The van der Waals surface area contributed by atoms with Crippen LogP contribution in [0.15, 0.2) is 0 Å². The van der Waals surface area contributed by atoms with E-state index >= 15 is 0 Å². The zero-order valence-electron chi connectivity index (χ0n) is 8.39. The van der Waals surface area contributed by atoms with E-state index in [1.54, 1.807) is 0 Å². The molecular formula is C8H15NO5S. The first kappa shape index (κ1) is 14.2.